The summed E-state index contributed by atoms with van der Waals surface area (Å²) in [6, 6.07) is 5.08. The minimum absolute atomic E-state index is 0.0688. The van der Waals surface area contributed by atoms with Crippen molar-refractivity contribution in [3.05, 3.63) is 29.6 Å². The van der Waals surface area contributed by atoms with Gasteiger partial charge in [0, 0.05) is 24.1 Å². The molecule has 1 aliphatic rings. The van der Waals surface area contributed by atoms with Gasteiger partial charge in [-0.25, -0.2) is 4.39 Å². The molecule has 1 aromatic carbocycles. The molecule has 0 aromatic heterocycles. The fourth-order valence-electron chi connectivity index (χ4n) is 2.48. The summed E-state index contributed by atoms with van der Waals surface area (Å²) >= 11 is 0. The van der Waals surface area contributed by atoms with E-state index < -0.39 is 0 Å². The van der Waals surface area contributed by atoms with Crippen LogP contribution in [0.1, 0.15) is 38.7 Å². The van der Waals surface area contributed by atoms with E-state index in [-0.39, 0.29) is 24.1 Å². The molecule has 0 radical (unpaired) electrons. The lowest BCUT2D eigenvalue weighted by molar-refractivity contribution is 0.108. The highest BCUT2D eigenvalue weighted by atomic mass is 19.1. The van der Waals surface area contributed by atoms with Gasteiger partial charge in [-0.15, -0.1) is 0 Å². The second kappa shape index (κ2) is 6.10. The molecule has 1 saturated carbocycles. The molecule has 3 nitrogen and oxygen atoms in total. The predicted octanol–water partition coefficient (Wildman–Crippen LogP) is 2.79. The number of hydrogen-bond acceptors (Lipinski definition) is 3. The van der Waals surface area contributed by atoms with Gasteiger partial charge in [-0.1, -0.05) is 6.07 Å². The second-order valence-electron chi connectivity index (χ2n) is 6.18. The number of aryl methyl sites for hydroxylation is 1. The molecule has 2 N–H and O–H groups in total. The van der Waals surface area contributed by atoms with Crippen LogP contribution in [-0.4, -0.2) is 29.4 Å². The number of nitrogens with one attached hydrogen (secondary N) is 1. The molecule has 0 aliphatic heterocycles. The third-order valence-electron chi connectivity index (χ3n) is 3.70. The van der Waals surface area contributed by atoms with E-state index in [9.17, 15) is 9.50 Å². The van der Waals surface area contributed by atoms with Crippen LogP contribution in [0, 0.1) is 12.7 Å². The maximum atomic E-state index is 13.2. The number of hydrogen-bond donors (Lipinski definition) is 2. The van der Waals surface area contributed by atoms with Gasteiger partial charge in [-0.3, -0.25) is 0 Å². The molecule has 20 heavy (non-hydrogen) atoms. The van der Waals surface area contributed by atoms with E-state index in [4.69, 9.17) is 4.74 Å². The minimum Gasteiger partial charge on any atom is -0.490 e. The third-order valence-corrected chi connectivity index (χ3v) is 3.70. The largest absolute Gasteiger partial charge is 0.490 e. The van der Waals surface area contributed by atoms with E-state index in [1.54, 1.807) is 6.07 Å². The van der Waals surface area contributed by atoms with Crippen molar-refractivity contribution in [1.82, 2.24) is 5.32 Å². The molecular weight excluding hydrogens is 257 g/mol. The van der Waals surface area contributed by atoms with Crippen molar-refractivity contribution in [3.63, 3.8) is 0 Å². The molecule has 2 rings (SSSR count). The van der Waals surface area contributed by atoms with Crippen LogP contribution >= 0.6 is 0 Å². The number of ether oxygens (including phenoxy) is 1. The SMILES string of the molecule is Cc1ccc(F)cc1OC(C)CC(C)(CO)NC1CC1. The highest BCUT2D eigenvalue weighted by Crippen LogP contribution is 2.26. The topological polar surface area (TPSA) is 41.5 Å². The Morgan fingerprint density at radius 3 is 2.80 bits per heavy atom. The van der Waals surface area contributed by atoms with Crippen molar-refractivity contribution in [2.45, 2.75) is 57.7 Å². The average Bonchev–Trinajstić information content (AvgIpc) is 3.17. The maximum Gasteiger partial charge on any atom is 0.126 e. The predicted molar refractivity (Wildman–Crippen MR) is 77.5 cm³/mol. The first-order chi connectivity index (χ1) is 9.42. The normalized spacial score (nSPS) is 19.4. The van der Waals surface area contributed by atoms with Crippen molar-refractivity contribution in [1.29, 1.82) is 0 Å². The van der Waals surface area contributed by atoms with E-state index in [0.29, 0.717) is 18.2 Å². The van der Waals surface area contributed by atoms with E-state index in [0.717, 1.165) is 5.56 Å². The monoisotopic (exact) mass is 281 g/mol. The quantitative estimate of drug-likeness (QED) is 0.807. The Hall–Kier alpha value is -1.13. The molecule has 4 heteroatoms. The number of aliphatic hydroxyl groups excluding tert-OH is 1. The Balaban J connectivity index is 1.96. The highest BCUT2D eigenvalue weighted by molar-refractivity contribution is 5.32. The van der Waals surface area contributed by atoms with E-state index in [1.165, 1.54) is 25.0 Å². The molecule has 0 heterocycles. The second-order valence-corrected chi connectivity index (χ2v) is 6.18. The van der Waals surface area contributed by atoms with Gasteiger partial charge in [0.05, 0.1) is 12.7 Å². The molecule has 2 atom stereocenters. The van der Waals surface area contributed by atoms with E-state index >= 15 is 0 Å². The standard InChI is InChI=1S/C16H24FNO2/c1-11-4-5-13(17)8-15(11)20-12(2)9-16(3,10-19)18-14-6-7-14/h4-5,8,12,14,18-19H,6-7,9-10H2,1-3H3. The molecule has 112 valence electrons. The van der Waals surface area contributed by atoms with Crippen LogP contribution in [0.25, 0.3) is 0 Å². The van der Waals surface area contributed by atoms with Crippen molar-refractivity contribution in [3.8, 4) is 5.75 Å². The minimum atomic E-state index is -0.345. The Kier molecular flexibility index (Phi) is 4.66. The Bertz CT molecular complexity index is 462. The van der Waals surface area contributed by atoms with Crippen LogP contribution in [-0.2, 0) is 0 Å². The van der Waals surface area contributed by atoms with Gasteiger partial charge in [0.2, 0.25) is 0 Å². The van der Waals surface area contributed by atoms with Crippen LogP contribution in [0.3, 0.4) is 0 Å². The Labute approximate surface area is 120 Å². The smallest absolute Gasteiger partial charge is 0.126 e. The third kappa shape index (κ3) is 4.18. The first-order valence-corrected chi connectivity index (χ1v) is 7.23. The van der Waals surface area contributed by atoms with Gasteiger partial charge in [-0.2, -0.15) is 0 Å². The average molecular weight is 281 g/mol. The van der Waals surface area contributed by atoms with Gasteiger partial charge >= 0.3 is 0 Å². The number of rotatable bonds is 7. The summed E-state index contributed by atoms with van der Waals surface area (Å²) < 4.78 is 19.1. The number of halogens is 1. The molecule has 1 aromatic rings. The zero-order valence-corrected chi connectivity index (χ0v) is 12.4. The summed E-state index contributed by atoms with van der Waals surface area (Å²) in [6.07, 6.45) is 2.93. The number of aliphatic hydroxyl groups is 1. The molecule has 0 amide bonds. The summed E-state index contributed by atoms with van der Waals surface area (Å²) in [5.41, 5.74) is 0.570. The summed E-state index contributed by atoms with van der Waals surface area (Å²) in [5, 5.41) is 13.1. The van der Waals surface area contributed by atoms with Gasteiger partial charge in [0.15, 0.2) is 0 Å². The number of benzene rings is 1. The highest BCUT2D eigenvalue weighted by Gasteiger charge is 2.33. The Morgan fingerprint density at radius 2 is 2.20 bits per heavy atom. The Morgan fingerprint density at radius 1 is 1.50 bits per heavy atom. The first kappa shape index (κ1) is 15.3. The molecule has 2 unspecified atom stereocenters. The molecule has 0 spiro atoms. The van der Waals surface area contributed by atoms with Crippen LogP contribution in [0.15, 0.2) is 18.2 Å². The molecule has 1 aliphatic carbocycles. The van der Waals surface area contributed by atoms with E-state index in [2.05, 4.69) is 5.32 Å². The summed E-state index contributed by atoms with van der Waals surface area (Å²) in [5.74, 6) is 0.281. The zero-order valence-electron chi connectivity index (χ0n) is 12.4. The summed E-state index contributed by atoms with van der Waals surface area (Å²) in [7, 11) is 0. The van der Waals surface area contributed by atoms with Crippen LogP contribution < -0.4 is 10.1 Å². The molecular formula is C16H24FNO2. The van der Waals surface area contributed by atoms with Gasteiger partial charge in [-0.05, 0) is 45.2 Å². The van der Waals surface area contributed by atoms with Crippen LogP contribution in [0.2, 0.25) is 0 Å². The van der Waals surface area contributed by atoms with Gasteiger partial charge in [0.25, 0.3) is 0 Å². The lowest BCUT2D eigenvalue weighted by Crippen LogP contribution is -2.49. The van der Waals surface area contributed by atoms with E-state index in [1.807, 2.05) is 20.8 Å². The first-order valence-electron chi connectivity index (χ1n) is 7.23. The van der Waals surface area contributed by atoms with Gasteiger partial charge < -0.3 is 15.2 Å². The van der Waals surface area contributed by atoms with Crippen molar-refractivity contribution in [2.24, 2.45) is 0 Å². The fourth-order valence-corrected chi connectivity index (χ4v) is 2.48. The maximum absolute atomic E-state index is 13.2. The van der Waals surface area contributed by atoms with Crippen LogP contribution in [0.4, 0.5) is 4.39 Å². The lowest BCUT2D eigenvalue weighted by atomic mass is 9.95. The zero-order chi connectivity index (χ0) is 14.8. The van der Waals surface area contributed by atoms with Gasteiger partial charge in [0.1, 0.15) is 11.6 Å². The van der Waals surface area contributed by atoms with Crippen LogP contribution in [0.5, 0.6) is 5.75 Å². The molecule has 1 fully saturated rings. The van der Waals surface area contributed by atoms with Crippen molar-refractivity contribution >= 4 is 0 Å². The molecule has 0 saturated heterocycles. The summed E-state index contributed by atoms with van der Waals surface area (Å²) in [6.45, 7) is 5.92. The summed E-state index contributed by atoms with van der Waals surface area (Å²) in [4.78, 5) is 0. The van der Waals surface area contributed by atoms with Crippen molar-refractivity contribution < 1.29 is 14.2 Å². The van der Waals surface area contributed by atoms with Crippen molar-refractivity contribution in [2.75, 3.05) is 6.61 Å². The lowest BCUT2D eigenvalue weighted by Gasteiger charge is -2.32. The molecule has 0 bridgehead atoms. The fraction of sp³-hybridized carbons (Fsp3) is 0.625.